The minimum atomic E-state index is -0.188. The Hall–Kier alpha value is -2.42. The second kappa shape index (κ2) is 6.56. The smallest absolute Gasteiger partial charge is 0.267 e. The fourth-order valence-corrected chi connectivity index (χ4v) is 2.36. The lowest BCUT2D eigenvalue weighted by molar-refractivity contribution is 0.0954. The van der Waals surface area contributed by atoms with Crippen LogP contribution in [0.15, 0.2) is 41.5 Å². The first-order valence-electron chi connectivity index (χ1n) is 7.38. The van der Waals surface area contributed by atoms with Crippen molar-refractivity contribution in [2.75, 3.05) is 0 Å². The monoisotopic (exact) mass is 294 g/mol. The van der Waals surface area contributed by atoms with Crippen LogP contribution in [0.5, 0.6) is 0 Å². The van der Waals surface area contributed by atoms with E-state index in [1.165, 1.54) is 11.1 Å². The van der Waals surface area contributed by atoms with Gasteiger partial charge in [-0.3, -0.25) is 4.79 Å². The van der Waals surface area contributed by atoms with Gasteiger partial charge >= 0.3 is 0 Å². The predicted octanol–water partition coefficient (Wildman–Crippen LogP) is 4.07. The topological polar surface area (TPSA) is 41.5 Å². The third-order valence-corrected chi connectivity index (χ3v) is 3.87. The van der Waals surface area contributed by atoms with Crippen LogP contribution in [0.25, 0.3) is 0 Å². The summed E-state index contributed by atoms with van der Waals surface area (Å²) < 4.78 is 0. The molecule has 1 N–H and O–H groups in total. The van der Waals surface area contributed by atoms with Crippen LogP contribution < -0.4 is 5.43 Å². The molecule has 22 heavy (non-hydrogen) atoms. The standard InChI is InChI=1S/C19H22N2O/c1-12-6-9-18(15(4)10-12)16(5)20-21-19(22)17-8-7-13(2)14(3)11-17/h6-11H,1-5H3,(H,21,22)/b20-16+. The third-order valence-electron chi connectivity index (χ3n) is 3.87. The highest BCUT2D eigenvalue weighted by molar-refractivity contribution is 6.01. The van der Waals surface area contributed by atoms with Gasteiger partial charge in [0.15, 0.2) is 0 Å². The van der Waals surface area contributed by atoms with E-state index in [0.29, 0.717) is 5.56 Å². The lowest BCUT2D eigenvalue weighted by Crippen LogP contribution is -2.19. The van der Waals surface area contributed by atoms with Gasteiger partial charge in [0.25, 0.3) is 5.91 Å². The fourth-order valence-electron chi connectivity index (χ4n) is 2.36. The molecular formula is C19H22N2O. The maximum atomic E-state index is 12.2. The molecule has 2 aromatic carbocycles. The lowest BCUT2D eigenvalue weighted by Gasteiger charge is -2.08. The summed E-state index contributed by atoms with van der Waals surface area (Å²) in [5, 5.41) is 4.23. The molecule has 0 aliphatic carbocycles. The number of hydrogen-bond acceptors (Lipinski definition) is 2. The van der Waals surface area contributed by atoms with Gasteiger partial charge in [0.2, 0.25) is 0 Å². The molecule has 0 radical (unpaired) electrons. The number of nitrogens with zero attached hydrogens (tertiary/aromatic N) is 1. The van der Waals surface area contributed by atoms with Crippen molar-refractivity contribution in [1.29, 1.82) is 0 Å². The molecule has 2 rings (SSSR count). The van der Waals surface area contributed by atoms with Crippen LogP contribution in [0, 0.1) is 27.7 Å². The Bertz CT molecular complexity index is 745. The molecule has 114 valence electrons. The molecule has 1 amide bonds. The highest BCUT2D eigenvalue weighted by Gasteiger charge is 2.07. The van der Waals surface area contributed by atoms with Gasteiger partial charge in [-0.15, -0.1) is 0 Å². The van der Waals surface area contributed by atoms with Crippen LogP contribution in [0.2, 0.25) is 0 Å². The highest BCUT2D eigenvalue weighted by Crippen LogP contribution is 2.12. The van der Waals surface area contributed by atoms with E-state index in [2.05, 4.69) is 23.5 Å². The number of aryl methyl sites for hydroxylation is 4. The van der Waals surface area contributed by atoms with Crippen LogP contribution in [-0.2, 0) is 0 Å². The van der Waals surface area contributed by atoms with E-state index in [-0.39, 0.29) is 5.91 Å². The summed E-state index contributed by atoms with van der Waals surface area (Å²) in [6.07, 6.45) is 0. The van der Waals surface area contributed by atoms with E-state index in [9.17, 15) is 4.79 Å². The van der Waals surface area contributed by atoms with Crippen molar-refractivity contribution in [2.45, 2.75) is 34.6 Å². The van der Waals surface area contributed by atoms with Crippen LogP contribution in [0.1, 0.15) is 45.1 Å². The summed E-state index contributed by atoms with van der Waals surface area (Å²) in [4.78, 5) is 12.2. The number of hydrogen-bond donors (Lipinski definition) is 1. The lowest BCUT2D eigenvalue weighted by atomic mass is 10.0. The Morgan fingerprint density at radius 1 is 0.909 bits per heavy atom. The Balaban J connectivity index is 2.16. The number of nitrogens with one attached hydrogen (secondary N) is 1. The first kappa shape index (κ1) is 16.0. The Kier molecular flexibility index (Phi) is 4.76. The normalized spacial score (nSPS) is 11.4. The largest absolute Gasteiger partial charge is 0.271 e. The number of amides is 1. The molecule has 0 saturated heterocycles. The van der Waals surface area contributed by atoms with Crippen LogP contribution in [0.4, 0.5) is 0 Å². The maximum absolute atomic E-state index is 12.2. The fraction of sp³-hybridized carbons (Fsp3) is 0.263. The zero-order chi connectivity index (χ0) is 16.3. The minimum absolute atomic E-state index is 0.188. The van der Waals surface area contributed by atoms with E-state index >= 15 is 0 Å². The Labute approximate surface area is 132 Å². The summed E-state index contributed by atoms with van der Waals surface area (Å²) >= 11 is 0. The quantitative estimate of drug-likeness (QED) is 0.672. The maximum Gasteiger partial charge on any atom is 0.271 e. The molecule has 0 bridgehead atoms. The van der Waals surface area contributed by atoms with Gasteiger partial charge in [-0.25, -0.2) is 5.43 Å². The van der Waals surface area contributed by atoms with Crippen molar-refractivity contribution in [3.05, 3.63) is 69.8 Å². The Morgan fingerprint density at radius 2 is 1.64 bits per heavy atom. The molecule has 2 aromatic rings. The molecule has 3 nitrogen and oxygen atoms in total. The zero-order valence-corrected chi connectivity index (χ0v) is 13.8. The van der Waals surface area contributed by atoms with Gasteiger partial charge in [0.1, 0.15) is 0 Å². The minimum Gasteiger partial charge on any atom is -0.267 e. The van der Waals surface area contributed by atoms with Crippen LogP contribution >= 0.6 is 0 Å². The van der Waals surface area contributed by atoms with Crippen molar-refractivity contribution in [1.82, 2.24) is 5.43 Å². The van der Waals surface area contributed by atoms with Crippen molar-refractivity contribution in [3.8, 4) is 0 Å². The first-order chi connectivity index (χ1) is 10.4. The zero-order valence-electron chi connectivity index (χ0n) is 13.8. The van der Waals surface area contributed by atoms with Gasteiger partial charge < -0.3 is 0 Å². The predicted molar refractivity (Wildman–Crippen MR) is 91.5 cm³/mol. The van der Waals surface area contributed by atoms with Crippen molar-refractivity contribution in [2.24, 2.45) is 5.10 Å². The van der Waals surface area contributed by atoms with Crippen molar-refractivity contribution in [3.63, 3.8) is 0 Å². The van der Waals surface area contributed by atoms with E-state index in [1.54, 1.807) is 0 Å². The van der Waals surface area contributed by atoms with Gasteiger partial charge in [0, 0.05) is 11.1 Å². The number of hydrazone groups is 1. The molecule has 0 atom stereocenters. The number of benzene rings is 2. The molecule has 0 aliphatic heterocycles. The first-order valence-corrected chi connectivity index (χ1v) is 7.38. The molecule has 0 aliphatic rings. The highest BCUT2D eigenvalue weighted by atomic mass is 16.2. The molecule has 0 heterocycles. The second-order valence-electron chi connectivity index (χ2n) is 5.76. The van der Waals surface area contributed by atoms with E-state index < -0.39 is 0 Å². The summed E-state index contributed by atoms with van der Waals surface area (Å²) in [6.45, 7) is 10.0. The van der Waals surface area contributed by atoms with E-state index in [4.69, 9.17) is 0 Å². The van der Waals surface area contributed by atoms with Crippen molar-refractivity contribution >= 4 is 11.6 Å². The molecular weight excluding hydrogens is 272 g/mol. The van der Waals surface area contributed by atoms with Crippen LogP contribution in [-0.4, -0.2) is 11.6 Å². The molecule has 0 aromatic heterocycles. The van der Waals surface area contributed by atoms with Crippen molar-refractivity contribution < 1.29 is 4.79 Å². The molecule has 0 spiro atoms. The number of rotatable bonds is 3. The summed E-state index contributed by atoms with van der Waals surface area (Å²) in [5.41, 5.74) is 9.75. The van der Waals surface area contributed by atoms with E-state index in [0.717, 1.165) is 22.4 Å². The number of carbonyl (C=O) groups is 1. The SMILES string of the molecule is C/C(=N\NC(=O)c1ccc(C)c(C)c1)c1ccc(C)cc1C. The average molecular weight is 294 g/mol. The average Bonchev–Trinajstić information content (AvgIpc) is 2.47. The van der Waals surface area contributed by atoms with E-state index in [1.807, 2.05) is 58.0 Å². The van der Waals surface area contributed by atoms with Crippen LogP contribution in [0.3, 0.4) is 0 Å². The molecule has 0 unspecified atom stereocenters. The summed E-state index contributed by atoms with van der Waals surface area (Å²) in [7, 11) is 0. The third kappa shape index (κ3) is 3.61. The van der Waals surface area contributed by atoms with Gasteiger partial charge in [-0.1, -0.05) is 29.8 Å². The second-order valence-corrected chi connectivity index (χ2v) is 5.76. The number of carbonyl (C=O) groups excluding carboxylic acids is 1. The summed E-state index contributed by atoms with van der Waals surface area (Å²) in [6, 6.07) is 11.8. The molecule has 0 fully saturated rings. The Morgan fingerprint density at radius 3 is 2.27 bits per heavy atom. The molecule has 0 saturated carbocycles. The van der Waals surface area contributed by atoms with Gasteiger partial charge in [-0.05, 0) is 63.4 Å². The van der Waals surface area contributed by atoms with Gasteiger partial charge in [-0.2, -0.15) is 5.10 Å². The summed E-state index contributed by atoms with van der Waals surface area (Å²) in [5.74, 6) is -0.188. The molecule has 3 heteroatoms. The van der Waals surface area contributed by atoms with Gasteiger partial charge in [0.05, 0.1) is 5.71 Å².